The van der Waals surface area contributed by atoms with Gasteiger partial charge in [0.05, 0.1) is 0 Å². The van der Waals surface area contributed by atoms with Gasteiger partial charge in [0.2, 0.25) is 0 Å². The number of nitrogens with zero attached hydrogens (tertiary/aromatic N) is 1. The van der Waals surface area contributed by atoms with Crippen LogP contribution in [0.5, 0.6) is 0 Å². The molecule has 1 rings (SSSR count). The molecule has 1 heteroatoms. The highest BCUT2D eigenvalue weighted by molar-refractivity contribution is 5.93. The Balaban J connectivity index is 3.07. The van der Waals surface area contributed by atoms with Crippen LogP contribution in [0.4, 0.5) is 0 Å². The number of aryl methyl sites for hydroxylation is 1. The summed E-state index contributed by atoms with van der Waals surface area (Å²) >= 11 is 0. The summed E-state index contributed by atoms with van der Waals surface area (Å²) in [5, 5.41) is 0. The second-order valence-electron chi connectivity index (χ2n) is 5.41. The average molecular weight is 267 g/mol. The molecule has 0 aliphatic rings. The van der Waals surface area contributed by atoms with Crippen molar-refractivity contribution in [1.82, 2.24) is 0 Å². The van der Waals surface area contributed by atoms with Gasteiger partial charge in [0.15, 0.2) is 0 Å². The van der Waals surface area contributed by atoms with Crippen LogP contribution in [-0.4, -0.2) is 5.71 Å². The van der Waals surface area contributed by atoms with Gasteiger partial charge in [0.1, 0.15) is 0 Å². The van der Waals surface area contributed by atoms with Gasteiger partial charge in [-0.2, -0.15) is 0 Å². The van der Waals surface area contributed by atoms with Crippen molar-refractivity contribution in [2.75, 3.05) is 0 Å². The normalized spacial score (nSPS) is 13.2. The Kier molecular flexibility index (Phi) is 6.72. The summed E-state index contributed by atoms with van der Waals surface area (Å²) in [7, 11) is 0. The topological polar surface area (TPSA) is 12.4 Å². The maximum Gasteiger partial charge on any atom is 0.0195 e. The summed E-state index contributed by atoms with van der Waals surface area (Å²) in [5.41, 5.74) is 4.90. The minimum Gasteiger partial charge on any atom is -0.266 e. The second kappa shape index (κ2) is 8.31. The molecule has 0 amide bonds. The van der Waals surface area contributed by atoms with Gasteiger partial charge in [0, 0.05) is 18.3 Å². The highest BCUT2D eigenvalue weighted by Crippen LogP contribution is 2.20. The lowest BCUT2D eigenvalue weighted by Crippen LogP contribution is -1.95. The Morgan fingerprint density at radius 2 is 2.10 bits per heavy atom. The van der Waals surface area contributed by atoms with E-state index in [4.69, 9.17) is 0 Å². The van der Waals surface area contributed by atoms with Crippen LogP contribution in [0.3, 0.4) is 0 Å². The van der Waals surface area contributed by atoms with Crippen LogP contribution in [0.1, 0.15) is 38.3 Å². The van der Waals surface area contributed by atoms with E-state index < -0.39 is 0 Å². The number of rotatable bonds is 6. The predicted molar refractivity (Wildman–Crippen MR) is 91.1 cm³/mol. The fourth-order valence-corrected chi connectivity index (χ4v) is 1.97. The number of aliphatic imine (C=N–C) groups is 1. The van der Waals surface area contributed by atoms with Crippen molar-refractivity contribution in [3.05, 3.63) is 66.4 Å². The molecule has 106 valence electrons. The lowest BCUT2D eigenvalue weighted by atomic mass is 9.98. The summed E-state index contributed by atoms with van der Waals surface area (Å²) in [6.45, 7) is 12.2. The van der Waals surface area contributed by atoms with Gasteiger partial charge in [-0.3, -0.25) is 4.99 Å². The van der Waals surface area contributed by atoms with E-state index in [1.807, 2.05) is 6.92 Å². The molecule has 0 fully saturated rings. The van der Waals surface area contributed by atoms with Gasteiger partial charge in [-0.1, -0.05) is 68.5 Å². The largest absolute Gasteiger partial charge is 0.266 e. The lowest BCUT2D eigenvalue weighted by Gasteiger charge is -2.08. The molecule has 0 aliphatic carbocycles. The van der Waals surface area contributed by atoms with Crippen LogP contribution >= 0.6 is 0 Å². The molecular weight excluding hydrogens is 242 g/mol. The van der Waals surface area contributed by atoms with Gasteiger partial charge >= 0.3 is 0 Å². The molecule has 0 N–H and O–H groups in total. The van der Waals surface area contributed by atoms with E-state index in [0.29, 0.717) is 5.92 Å². The Labute approximate surface area is 123 Å². The van der Waals surface area contributed by atoms with E-state index in [9.17, 15) is 0 Å². The quantitative estimate of drug-likeness (QED) is 0.471. The van der Waals surface area contributed by atoms with Gasteiger partial charge < -0.3 is 0 Å². The van der Waals surface area contributed by atoms with Crippen LogP contribution in [0.15, 0.2) is 60.3 Å². The summed E-state index contributed by atoms with van der Waals surface area (Å²) in [5.74, 6) is 0.563. The van der Waals surface area contributed by atoms with E-state index in [1.165, 1.54) is 16.7 Å². The monoisotopic (exact) mass is 267 g/mol. The third-order valence-electron chi connectivity index (χ3n) is 2.94. The molecule has 1 aromatic carbocycles. The maximum atomic E-state index is 4.27. The van der Waals surface area contributed by atoms with Crippen molar-refractivity contribution in [3.63, 3.8) is 0 Å². The smallest absolute Gasteiger partial charge is 0.0195 e. The highest BCUT2D eigenvalue weighted by Gasteiger charge is 2.03. The van der Waals surface area contributed by atoms with Crippen molar-refractivity contribution < 1.29 is 0 Å². The van der Waals surface area contributed by atoms with E-state index >= 15 is 0 Å². The first-order chi connectivity index (χ1) is 9.52. The van der Waals surface area contributed by atoms with Crippen LogP contribution in [-0.2, 0) is 0 Å². The molecule has 0 bridgehead atoms. The molecule has 0 atom stereocenters. The molecule has 1 aromatic rings. The molecule has 0 spiro atoms. The predicted octanol–water partition coefficient (Wildman–Crippen LogP) is 5.59. The van der Waals surface area contributed by atoms with Crippen molar-refractivity contribution in [2.24, 2.45) is 10.9 Å². The zero-order valence-corrected chi connectivity index (χ0v) is 13.1. The van der Waals surface area contributed by atoms with E-state index in [1.54, 1.807) is 6.20 Å². The molecule has 0 aliphatic heterocycles. The van der Waals surface area contributed by atoms with Gasteiger partial charge in [-0.05, 0) is 30.9 Å². The average Bonchev–Trinajstić information content (AvgIpc) is 2.37. The molecule has 0 heterocycles. The molecule has 1 nitrogen and oxygen atoms in total. The molecule has 20 heavy (non-hydrogen) atoms. The van der Waals surface area contributed by atoms with Gasteiger partial charge in [0.25, 0.3) is 0 Å². The zero-order chi connectivity index (χ0) is 15.0. The van der Waals surface area contributed by atoms with Crippen molar-refractivity contribution >= 4 is 11.3 Å². The summed E-state index contributed by atoms with van der Waals surface area (Å²) in [6, 6.07) is 8.60. The fraction of sp³-hybridized carbons (Fsp3) is 0.316. The molecule has 0 aromatic heterocycles. The molecule has 0 radical (unpaired) electrons. The van der Waals surface area contributed by atoms with E-state index in [-0.39, 0.29) is 0 Å². The Bertz CT molecular complexity index is 530. The standard InChI is InChI=1S/C19H25N/c1-6-20-17(5)14-19(11-7-9-15(2)3)18-12-8-10-16(4)13-18/h6-13,15H,1,14H2,2-5H3/b9-7-,19-11+,20-17?. The van der Waals surface area contributed by atoms with Crippen LogP contribution in [0.25, 0.3) is 5.57 Å². The Morgan fingerprint density at radius 1 is 1.35 bits per heavy atom. The summed E-state index contributed by atoms with van der Waals surface area (Å²) < 4.78 is 0. The van der Waals surface area contributed by atoms with Crippen LogP contribution in [0.2, 0.25) is 0 Å². The van der Waals surface area contributed by atoms with Crippen molar-refractivity contribution in [3.8, 4) is 0 Å². The minimum absolute atomic E-state index is 0.563. The summed E-state index contributed by atoms with van der Waals surface area (Å²) in [6.07, 6.45) is 8.99. The highest BCUT2D eigenvalue weighted by atomic mass is 14.7. The number of hydrogen-bond donors (Lipinski definition) is 0. The molecular formula is C19H25N. The first-order valence-corrected chi connectivity index (χ1v) is 7.11. The number of benzene rings is 1. The van der Waals surface area contributed by atoms with Crippen LogP contribution in [0, 0.1) is 12.8 Å². The molecule has 0 unspecified atom stereocenters. The first kappa shape index (κ1) is 16.2. The SMILES string of the molecule is C=CN=C(C)C/C(=C\C=C/C(C)C)c1cccc(C)c1. The number of hydrogen-bond acceptors (Lipinski definition) is 1. The van der Waals surface area contributed by atoms with Crippen molar-refractivity contribution in [2.45, 2.75) is 34.1 Å². The van der Waals surface area contributed by atoms with Crippen LogP contribution < -0.4 is 0 Å². The van der Waals surface area contributed by atoms with E-state index in [0.717, 1.165) is 12.1 Å². The zero-order valence-electron chi connectivity index (χ0n) is 13.1. The third-order valence-corrected chi connectivity index (χ3v) is 2.94. The third kappa shape index (κ3) is 5.83. The lowest BCUT2D eigenvalue weighted by molar-refractivity contribution is 0.832. The van der Waals surface area contributed by atoms with Gasteiger partial charge in [-0.25, -0.2) is 0 Å². The minimum atomic E-state index is 0.563. The fourth-order valence-electron chi connectivity index (χ4n) is 1.97. The van der Waals surface area contributed by atoms with Gasteiger partial charge in [-0.15, -0.1) is 0 Å². The Hall–Kier alpha value is -1.89. The first-order valence-electron chi connectivity index (χ1n) is 7.11. The Morgan fingerprint density at radius 3 is 2.70 bits per heavy atom. The number of allylic oxidation sites excluding steroid dienone is 4. The second-order valence-corrected chi connectivity index (χ2v) is 5.41. The molecule has 0 saturated carbocycles. The van der Waals surface area contributed by atoms with E-state index in [2.05, 4.69) is 74.8 Å². The maximum absolute atomic E-state index is 4.27. The van der Waals surface area contributed by atoms with Crippen molar-refractivity contribution in [1.29, 1.82) is 0 Å². The molecule has 0 saturated heterocycles. The summed E-state index contributed by atoms with van der Waals surface area (Å²) in [4.78, 5) is 4.27.